The van der Waals surface area contributed by atoms with E-state index in [-0.39, 0.29) is 0 Å². The topological polar surface area (TPSA) is 13.1 Å². The molecule has 0 spiro atoms. The van der Waals surface area contributed by atoms with Crippen molar-refractivity contribution in [2.75, 3.05) is 0 Å². The lowest BCUT2D eigenvalue weighted by Crippen LogP contribution is -2.38. The van der Waals surface area contributed by atoms with Crippen molar-refractivity contribution >= 4 is 10.9 Å². The molecule has 4 rings (SSSR count). The number of benzene rings is 1. The summed E-state index contributed by atoms with van der Waals surface area (Å²) in [7, 11) is 0. The van der Waals surface area contributed by atoms with Crippen LogP contribution >= 0.6 is 0 Å². The number of hydrogen-bond acceptors (Lipinski definition) is 1. The first kappa shape index (κ1) is 13.1. The standard InChI is InChI=1S/C19H24NO/c1-4-6-8-13-11-14-9-7-10-20-16(14)15(12-13)21-18-17(20)19(18,3)5-2/h7,9-12,17-18H,4-6,8H2,1-3H3/q+1. The largest absolute Gasteiger partial charge is 0.476 e. The molecule has 0 saturated heterocycles. The molecule has 2 nitrogen and oxygen atoms in total. The molecule has 2 heteroatoms. The molecule has 2 heterocycles. The van der Waals surface area contributed by atoms with E-state index >= 15 is 0 Å². The van der Waals surface area contributed by atoms with Gasteiger partial charge in [0.1, 0.15) is 0 Å². The van der Waals surface area contributed by atoms with E-state index < -0.39 is 0 Å². The number of hydrogen-bond donors (Lipinski definition) is 0. The van der Waals surface area contributed by atoms with Crippen LogP contribution in [0.2, 0.25) is 0 Å². The lowest BCUT2D eigenvalue weighted by atomic mass is 10.0. The van der Waals surface area contributed by atoms with Crippen molar-refractivity contribution in [3.05, 3.63) is 36.0 Å². The normalized spacial score (nSPS) is 29.1. The zero-order valence-corrected chi connectivity index (χ0v) is 13.2. The molecule has 0 N–H and O–H groups in total. The molecule has 1 aliphatic heterocycles. The van der Waals surface area contributed by atoms with Crippen LogP contribution in [0.15, 0.2) is 30.5 Å². The Morgan fingerprint density at radius 2 is 2.14 bits per heavy atom. The number of fused-ring (bicyclic) bond motifs is 2. The molecular formula is C19H24NO+. The van der Waals surface area contributed by atoms with Crippen molar-refractivity contribution in [3.8, 4) is 5.75 Å². The highest BCUT2D eigenvalue weighted by Crippen LogP contribution is 2.59. The summed E-state index contributed by atoms with van der Waals surface area (Å²) in [6.45, 7) is 6.88. The van der Waals surface area contributed by atoms with E-state index in [0.717, 1.165) is 12.2 Å². The van der Waals surface area contributed by atoms with Gasteiger partial charge in [0.05, 0.1) is 10.8 Å². The molecule has 1 saturated carbocycles. The summed E-state index contributed by atoms with van der Waals surface area (Å²) >= 11 is 0. The summed E-state index contributed by atoms with van der Waals surface area (Å²) in [5.41, 5.74) is 2.99. The Kier molecular flexibility index (Phi) is 2.79. The summed E-state index contributed by atoms with van der Waals surface area (Å²) < 4.78 is 8.85. The van der Waals surface area contributed by atoms with Gasteiger partial charge in [-0.05, 0) is 49.9 Å². The molecule has 0 bridgehead atoms. The molecule has 0 radical (unpaired) electrons. The molecule has 1 aliphatic carbocycles. The first-order valence-electron chi connectivity index (χ1n) is 8.32. The maximum atomic E-state index is 6.38. The summed E-state index contributed by atoms with van der Waals surface area (Å²) in [6, 6.07) is 9.55. The van der Waals surface area contributed by atoms with E-state index in [9.17, 15) is 0 Å². The van der Waals surface area contributed by atoms with Crippen molar-refractivity contribution in [2.45, 2.75) is 58.6 Å². The van der Waals surface area contributed by atoms with Gasteiger partial charge in [-0.15, -0.1) is 0 Å². The second-order valence-electron chi connectivity index (χ2n) is 6.89. The van der Waals surface area contributed by atoms with Gasteiger partial charge in [0.2, 0.25) is 6.04 Å². The number of aryl methyl sites for hydroxylation is 1. The first-order valence-corrected chi connectivity index (χ1v) is 8.32. The van der Waals surface area contributed by atoms with Crippen molar-refractivity contribution in [1.82, 2.24) is 0 Å². The number of ether oxygens (including phenoxy) is 1. The van der Waals surface area contributed by atoms with Crippen LogP contribution in [0.1, 0.15) is 51.6 Å². The van der Waals surface area contributed by atoms with Crippen LogP contribution in [-0.2, 0) is 6.42 Å². The second kappa shape index (κ2) is 4.46. The smallest absolute Gasteiger partial charge is 0.255 e. The fourth-order valence-corrected chi connectivity index (χ4v) is 3.96. The maximum Gasteiger partial charge on any atom is 0.255 e. The Hall–Kier alpha value is -1.57. The third kappa shape index (κ3) is 1.74. The molecule has 1 fully saturated rings. The van der Waals surface area contributed by atoms with Crippen LogP contribution in [-0.4, -0.2) is 6.10 Å². The molecule has 1 aromatic heterocycles. The van der Waals surface area contributed by atoms with Crippen LogP contribution in [0, 0.1) is 5.41 Å². The number of rotatable bonds is 4. The van der Waals surface area contributed by atoms with Gasteiger partial charge in [-0.1, -0.05) is 20.3 Å². The third-order valence-corrected chi connectivity index (χ3v) is 5.58. The summed E-state index contributed by atoms with van der Waals surface area (Å²) in [5, 5.41) is 1.32. The molecule has 2 aliphatic rings. The monoisotopic (exact) mass is 282 g/mol. The Morgan fingerprint density at radius 1 is 1.29 bits per heavy atom. The quantitative estimate of drug-likeness (QED) is 0.766. The van der Waals surface area contributed by atoms with Gasteiger partial charge in [0, 0.05) is 6.07 Å². The van der Waals surface area contributed by atoms with Crippen molar-refractivity contribution in [3.63, 3.8) is 0 Å². The highest BCUT2D eigenvalue weighted by Gasteiger charge is 2.72. The minimum Gasteiger partial charge on any atom is -0.476 e. The van der Waals surface area contributed by atoms with Crippen molar-refractivity contribution < 1.29 is 9.30 Å². The van der Waals surface area contributed by atoms with Gasteiger partial charge >= 0.3 is 0 Å². The number of aromatic nitrogens is 1. The fourth-order valence-electron chi connectivity index (χ4n) is 3.96. The van der Waals surface area contributed by atoms with Gasteiger partial charge in [-0.2, -0.15) is 4.57 Å². The lowest BCUT2D eigenvalue weighted by Gasteiger charge is -2.14. The van der Waals surface area contributed by atoms with Crippen LogP contribution < -0.4 is 9.30 Å². The Balaban J connectivity index is 1.84. The Morgan fingerprint density at radius 3 is 2.90 bits per heavy atom. The maximum absolute atomic E-state index is 6.38. The molecule has 21 heavy (non-hydrogen) atoms. The van der Waals surface area contributed by atoms with E-state index in [2.05, 4.69) is 55.8 Å². The second-order valence-corrected chi connectivity index (χ2v) is 6.89. The zero-order valence-electron chi connectivity index (χ0n) is 13.2. The average Bonchev–Trinajstić information content (AvgIpc) is 3.11. The highest BCUT2D eigenvalue weighted by atomic mass is 16.5. The van der Waals surface area contributed by atoms with E-state index in [1.165, 1.54) is 35.7 Å². The van der Waals surface area contributed by atoms with Gasteiger partial charge in [0.15, 0.2) is 18.1 Å². The molecule has 0 amide bonds. The van der Waals surface area contributed by atoms with E-state index in [0.29, 0.717) is 17.6 Å². The predicted octanol–water partition coefficient (Wildman–Crippen LogP) is 4.20. The fraction of sp³-hybridized carbons (Fsp3) is 0.526. The SMILES string of the molecule is CCCCc1cc2c3c(ccc[n+]3C3C(O2)C3(C)CC)c1. The van der Waals surface area contributed by atoms with Gasteiger partial charge in [-0.3, -0.25) is 0 Å². The number of nitrogens with zero attached hydrogens (tertiary/aromatic N) is 1. The molecule has 3 unspecified atom stereocenters. The minimum absolute atomic E-state index is 0.293. The van der Waals surface area contributed by atoms with Crippen LogP contribution in [0.3, 0.4) is 0 Å². The number of unbranched alkanes of at least 4 members (excludes halogenated alkanes) is 1. The Bertz CT molecular complexity index is 708. The van der Waals surface area contributed by atoms with E-state index in [4.69, 9.17) is 4.74 Å². The molecule has 3 atom stereocenters. The van der Waals surface area contributed by atoms with Gasteiger partial charge in [0.25, 0.3) is 5.52 Å². The van der Waals surface area contributed by atoms with Crippen LogP contribution in [0.25, 0.3) is 10.9 Å². The molecule has 1 aromatic carbocycles. The third-order valence-electron chi connectivity index (χ3n) is 5.58. The van der Waals surface area contributed by atoms with Crippen molar-refractivity contribution in [1.29, 1.82) is 0 Å². The number of pyridine rings is 1. The molecular weight excluding hydrogens is 258 g/mol. The first-order chi connectivity index (χ1) is 10.2. The van der Waals surface area contributed by atoms with Crippen molar-refractivity contribution in [2.24, 2.45) is 5.41 Å². The summed E-state index contributed by atoms with van der Waals surface area (Å²) in [6.07, 6.45) is 7.39. The van der Waals surface area contributed by atoms with Crippen LogP contribution in [0.5, 0.6) is 5.75 Å². The van der Waals surface area contributed by atoms with Gasteiger partial charge in [-0.25, -0.2) is 0 Å². The Labute approximate surface area is 126 Å². The molecule has 110 valence electrons. The van der Waals surface area contributed by atoms with Crippen LogP contribution in [0.4, 0.5) is 0 Å². The highest BCUT2D eigenvalue weighted by molar-refractivity contribution is 5.83. The summed E-state index contributed by atoms with van der Waals surface area (Å²) in [4.78, 5) is 0. The zero-order chi connectivity index (χ0) is 14.6. The average molecular weight is 282 g/mol. The summed E-state index contributed by atoms with van der Waals surface area (Å²) in [5.74, 6) is 1.10. The lowest BCUT2D eigenvalue weighted by molar-refractivity contribution is -0.686. The van der Waals surface area contributed by atoms with Gasteiger partial charge < -0.3 is 4.74 Å². The van der Waals surface area contributed by atoms with E-state index in [1.807, 2.05) is 0 Å². The predicted molar refractivity (Wildman–Crippen MR) is 84.6 cm³/mol. The molecule has 2 aromatic rings. The van der Waals surface area contributed by atoms with E-state index in [1.54, 1.807) is 0 Å². The minimum atomic E-state index is 0.293.